The molecule has 0 aliphatic carbocycles. The van der Waals surface area contributed by atoms with Crippen molar-refractivity contribution in [2.75, 3.05) is 45.8 Å². The second kappa shape index (κ2) is 10.0. The summed E-state index contributed by atoms with van der Waals surface area (Å²) in [4.78, 5) is 0. The average molecular weight is 398 g/mol. The summed E-state index contributed by atoms with van der Waals surface area (Å²) >= 11 is 0. The Kier molecular flexibility index (Phi) is 8.28. The van der Waals surface area contributed by atoms with E-state index in [9.17, 15) is 8.42 Å². The third-order valence-electron chi connectivity index (χ3n) is 5.23. The maximum atomic E-state index is 12.4. The first kappa shape index (κ1) is 22.3. The van der Waals surface area contributed by atoms with E-state index < -0.39 is 10.0 Å². The van der Waals surface area contributed by atoms with Crippen molar-refractivity contribution in [3.63, 3.8) is 0 Å². The largest absolute Gasteiger partial charge is 0.382 e. The third kappa shape index (κ3) is 7.18. The van der Waals surface area contributed by atoms with Crippen molar-refractivity contribution in [1.82, 2.24) is 4.31 Å². The zero-order chi connectivity index (χ0) is 19.9. The molecule has 1 aliphatic heterocycles. The highest BCUT2D eigenvalue weighted by Crippen LogP contribution is 2.26. The third-order valence-corrected chi connectivity index (χ3v) is 7.06. The van der Waals surface area contributed by atoms with E-state index in [4.69, 9.17) is 9.47 Å². The monoisotopic (exact) mass is 397 g/mol. The Morgan fingerprint density at radius 3 is 2.22 bits per heavy atom. The number of benzene rings is 1. The molecule has 5 nitrogen and oxygen atoms in total. The van der Waals surface area contributed by atoms with Crippen LogP contribution in [0.1, 0.15) is 44.7 Å². The number of piperidine rings is 1. The molecule has 6 heteroatoms. The average Bonchev–Trinajstić information content (AvgIpc) is 2.62. The second-order valence-corrected chi connectivity index (χ2v) is 10.5. The number of hydrogen-bond acceptors (Lipinski definition) is 4. The van der Waals surface area contributed by atoms with Crippen LogP contribution in [0.25, 0.3) is 0 Å². The Hall–Kier alpha value is -0.950. The minimum absolute atomic E-state index is 0.0512. The second-order valence-electron chi connectivity index (χ2n) is 8.41. The lowest BCUT2D eigenvalue weighted by Crippen LogP contribution is -2.40. The normalized spacial score (nSPS) is 17.3. The summed E-state index contributed by atoms with van der Waals surface area (Å²) in [6.07, 6.45) is 2.87. The van der Waals surface area contributed by atoms with Crippen molar-refractivity contribution in [3.05, 3.63) is 35.4 Å². The predicted molar refractivity (Wildman–Crippen MR) is 110 cm³/mol. The van der Waals surface area contributed by atoms with Crippen LogP contribution in [0.3, 0.4) is 0 Å². The zero-order valence-corrected chi connectivity index (χ0v) is 18.1. The molecular weight excluding hydrogens is 362 g/mol. The number of ether oxygens (including phenoxy) is 2. The summed E-state index contributed by atoms with van der Waals surface area (Å²) in [5.74, 6) is 0.602. The molecule has 2 rings (SSSR count). The fraction of sp³-hybridized carbons (Fsp3) is 0.714. The van der Waals surface area contributed by atoms with Gasteiger partial charge in [-0.15, -0.1) is 0 Å². The van der Waals surface area contributed by atoms with Gasteiger partial charge in [0.15, 0.2) is 0 Å². The fourth-order valence-electron chi connectivity index (χ4n) is 3.40. The molecule has 0 atom stereocenters. The SMILES string of the molecule is COCCOCCS(=O)(=O)N1CCC(Cc2ccc(C(C)(C)C)cc2)CC1. The minimum atomic E-state index is -3.22. The maximum Gasteiger partial charge on any atom is 0.216 e. The Morgan fingerprint density at radius 2 is 1.67 bits per heavy atom. The molecule has 0 aromatic heterocycles. The van der Waals surface area contributed by atoms with E-state index in [1.54, 1.807) is 11.4 Å². The molecule has 0 unspecified atom stereocenters. The van der Waals surface area contributed by atoms with Crippen molar-refractivity contribution in [2.24, 2.45) is 5.92 Å². The van der Waals surface area contributed by atoms with Crippen LogP contribution in [0.5, 0.6) is 0 Å². The van der Waals surface area contributed by atoms with E-state index >= 15 is 0 Å². The van der Waals surface area contributed by atoms with Crippen LogP contribution >= 0.6 is 0 Å². The van der Waals surface area contributed by atoms with Gasteiger partial charge in [-0.1, -0.05) is 45.0 Å². The van der Waals surface area contributed by atoms with Gasteiger partial charge in [-0.05, 0) is 41.7 Å². The van der Waals surface area contributed by atoms with Crippen molar-refractivity contribution in [1.29, 1.82) is 0 Å². The molecule has 0 N–H and O–H groups in total. The molecule has 0 radical (unpaired) electrons. The Morgan fingerprint density at radius 1 is 1.04 bits per heavy atom. The highest BCUT2D eigenvalue weighted by molar-refractivity contribution is 7.89. The number of nitrogens with zero attached hydrogens (tertiary/aromatic N) is 1. The van der Waals surface area contributed by atoms with E-state index in [1.807, 2.05) is 0 Å². The van der Waals surface area contributed by atoms with Crippen LogP contribution in [-0.4, -0.2) is 58.5 Å². The topological polar surface area (TPSA) is 55.8 Å². The van der Waals surface area contributed by atoms with Gasteiger partial charge in [0.1, 0.15) is 0 Å². The van der Waals surface area contributed by atoms with E-state index in [1.165, 1.54) is 11.1 Å². The van der Waals surface area contributed by atoms with Crippen LogP contribution in [0.15, 0.2) is 24.3 Å². The van der Waals surface area contributed by atoms with Crippen molar-refractivity contribution >= 4 is 10.0 Å². The van der Waals surface area contributed by atoms with E-state index in [-0.39, 0.29) is 17.8 Å². The van der Waals surface area contributed by atoms with Crippen LogP contribution in [0.4, 0.5) is 0 Å². The highest BCUT2D eigenvalue weighted by atomic mass is 32.2. The summed E-state index contributed by atoms with van der Waals surface area (Å²) < 4.78 is 36.7. The van der Waals surface area contributed by atoms with Crippen molar-refractivity contribution in [3.8, 4) is 0 Å². The van der Waals surface area contributed by atoms with E-state index in [2.05, 4.69) is 45.0 Å². The number of hydrogen-bond donors (Lipinski definition) is 0. The van der Waals surface area contributed by atoms with Gasteiger partial charge in [0.2, 0.25) is 10.0 Å². The molecule has 0 amide bonds. The molecule has 0 spiro atoms. The fourth-order valence-corrected chi connectivity index (χ4v) is 4.76. The number of rotatable bonds is 9. The summed E-state index contributed by atoms with van der Waals surface area (Å²) in [6, 6.07) is 8.89. The number of sulfonamides is 1. The van der Waals surface area contributed by atoms with Crippen molar-refractivity contribution < 1.29 is 17.9 Å². The molecule has 154 valence electrons. The summed E-state index contributed by atoms with van der Waals surface area (Å²) in [5, 5.41) is 0. The standard InChI is InChI=1S/C21H35NO4S/c1-21(2,3)20-7-5-18(6-8-20)17-19-9-11-22(12-10-19)27(23,24)16-15-26-14-13-25-4/h5-8,19H,9-17H2,1-4H3. The van der Waals surface area contributed by atoms with Gasteiger partial charge in [0.05, 0.1) is 25.6 Å². The Bertz CT molecular complexity index is 656. The van der Waals surface area contributed by atoms with Gasteiger partial charge < -0.3 is 9.47 Å². The maximum absolute atomic E-state index is 12.4. The molecular formula is C21H35NO4S. The van der Waals surface area contributed by atoms with Gasteiger partial charge >= 0.3 is 0 Å². The molecule has 1 saturated heterocycles. The van der Waals surface area contributed by atoms with Crippen LogP contribution in [0.2, 0.25) is 0 Å². The molecule has 0 saturated carbocycles. The van der Waals surface area contributed by atoms with Crippen LogP contribution in [-0.2, 0) is 31.3 Å². The quantitative estimate of drug-likeness (QED) is 0.600. The lowest BCUT2D eigenvalue weighted by atomic mass is 9.85. The van der Waals surface area contributed by atoms with Crippen LogP contribution in [0, 0.1) is 5.92 Å². The van der Waals surface area contributed by atoms with Gasteiger partial charge in [-0.25, -0.2) is 12.7 Å². The van der Waals surface area contributed by atoms with Gasteiger partial charge in [-0.3, -0.25) is 0 Å². The molecule has 1 fully saturated rings. The predicted octanol–water partition coefficient (Wildman–Crippen LogP) is 3.23. The molecule has 1 aromatic carbocycles. The molecule has 0 bridgehead atoms. The molecule has 27 heavy (non-hydrogen) atoms. The summed E-state index contributed by atoms with van der Waals surface area (Å²) in [7, 11) is -1.62. The molecule has 1 aliphatic rings. The van der Waals surface area contributed by atoms with E-state index in [0.717, 1.165) is 19.3 Å². The Balaban J connectivity index is 1.77. The highest BCUT2D eigenvalue weighted by Gasteiger charge is 2.27. The van der Waals surface area contributed by atoms with Crippen molar-refractivity contribution in [2.45, 2.75) is 45.4 Å². The summed E-state index contributed by atoms with van der Waals surface area (Å²) in [6.45, 7) is 9.05. The number of methoxy groups -OCH3 is 1. The van der Waals surface area contributed by atoms with Gasteiger partial charge in [0, 0.05) is 20.2 Å². The molecule has 1 aromatic rings. The first-order chi connectivity index (χ1) is 12.7. The smallest absolute Gasteiger partial charge is 0.216 e. The van der Waals surface area contributed by atoms with Gasteiger partial charge in [0.25, 0.3) is 0 Å². The van der Waals surface area contributed by atoms with Gasteiger partial charge in [-0.2, -0.15) is 0 Å². The van der Waals surface area contributed by atoms with Crippen LogP contribution < -0.4 is 0 Å². The lowest BCUT2D eigenvalue weighted by Gasteiger charge is -2.31. The lowest BCUT2D eigenvalue weighted by molar-refractivity contribution is 0.0780. The summed E-state index contributed by atoms with van der Waals surface area (Å²) in [5.41, 5.74) is 2.86. The zero-order valence-electron chi connectivity index (χ0n) is 17.2. The van der Waals surface area contributed by atoms with E-state index in [0.29, 0.717) is 32.2 Å². The Labute approximate surface area is 165 Å². The minimum Gasteiger partial charge on any atom is -0.382 e. The first-order valence-electron chi connectivity index (χ1n) is 9.86. The first-order valence-corrected chi connectivity index (χ1v) is 11.5. The molecule has 1 heterocycles.